The molecule has 18 heavy (non-hydrogen) atoms. The predicted molar refractivity (Wildman–Crippen MR) is 74.9 cm³/mol. The number of anilines is 1. The van der Waals surface area contributed by atoms with Gasteiger partial charge >= 0.3 is 0 Å². The fourth-order valence-corrected chi connectivity index (χ4v) is 2.01. The van der Waals surface area contributed by atoms with E-state index in [9.17, 15) is 0 Å². The van der Waals surface area contributed by atoms with Crippen LogP contribution in [0.4, 0.5) is 5.82 Å². The maximum Gasteiger partial charge on any atom is 0.137 e. The summed E-state index contributed by atoms with van der Waals surface area (Å²) in [4.78, 5) is 8.23. The van der Waals surface area contributed by atoms with Crippen LogP contribution in [-0.4, -0.2) is 9.97 Å². The molecule has 3 nitrogen and oxygen atoms in total. The number of hydrogen-bond donors (Lipinski definition) is 1. The summed E-state index contributed by atoms with van der Waals surface area (Å²) in [5, 5.41) is 3.83. The van der Waals surface area contributed by atoms with E-state index in [0.717, 1.165) is 24.3 Å². The van der Waals surface area contributed by atoms with Crippen molar-refractivity contribution in [2.75, 3.05) is 5.32 Å². The van der Waals surface area contributed by atoms with Crippen molar-refractivity contribution in [1.29, 1.82) is 0 Å². The average molecular weight is 262 g/mol. The third kappa shape index (κ3) is 2.99. The number of benzene rings is 1. The lowest BCUT2D eigenvalue weighted by Crippen LogP contribution is -2.05. The van der Waals surface area contributed by atoms with Gasteiger partial charge < -0.3 is 5.32 Å². The maximum atomic E-state index is 6.04. The van der Waals surface area contributed by atoms with Crippen LogP contribution in [0.5, 0.6) is 0 Å². The lowest BCUT2D eigenvalue weighted by atomic mass is 10.1. The van der Waals surface area contributed by atoms with Crippen molar-refractivity contribution < 1.29 is 0 Å². The summed E-state index contributed by atoms with van der Waals surface area (Å²) < 4.78 is 0. The van der Waals surface area contributed by atoms with Crippen LogP contribution < -0.4 is 5.32 Å². The fourth-order valence-electron chi connectivity index (χ4n) is 1.75. The number of aryl methyl sites for hydroxylation is 1. The molecule has 0 fully saturated rings. The van der Waals surface area contributed by atoms with Crippen LogP contribution >= 0.6 is 11.6 Å². The fraction of sp³-hybridized carbons (Fsp3) is 0.286. The van der Waals surface area contributed by atoms with Crippen LogP contribution in [0.1, 0.15) is 23.6 Å². The highest BCUT2D eigenvalue weighted by Gasteiger charge is 2.07. The highest BCUT2D eigenvalue weighted by Crippen LogP contribution is 2.20. The van der Waals surface area contributed by atoms with E-state index in [1.807, 2.05) is 6.92 Å². The molecule has 0 saturated heterocycles. The Labute approximate surface area is 112 Å². The molecule has 1 aromatic carbocycles. The van der Waals surface area contributed by atoms with E-state index in [1.54, 1.807) is 0 Å². The summed E-state index contributed by atoms with van der Waals surface area (Å²) in [7, 11) is 0. The van der Waals surface area contributed by atoms with Crippen LogP contribution in [-0.2, 0) is 13.0 Å². The van der Waals surface area contributed by atoms with Gasteiger partial charge in [0.15, 0.2) is 0 Å². The molecular weight excluding hydrogens is 246 g/mol. The molecule has 1 heterocycles. The van der Waals surface area contributed by atoms with E-state index in [1.165, 1.54) is 17.5 Å². The van der Waals surface area contributed by atoms with Gasteiger partial charge in [-0.2, -0.15) is 0 Å². The van der Waals surface area contributed by atoms with Gasteiger partial charge in [-0.05, 0) is 18.9 Å². The number of nitrogens with zero attached hydrogens (tertiary/aromatic N) is 2. The lowest BCUT2D eigenvalue weighted by Gasteiger charge is -2.10. The smallest absolute Gasteiger partial charge is 0.137 e. The van der Waals surface area contributed by atoms with Crippen LogP contribution in [0.25, 0.3) is 0 Å². The Kier molecular flexibility index (Phi) is 4.15. The number of aromatic nitrogens is 2. The molecule has 2 aromatic rings. The third-order valence-electron chi connectivity index (χ3n) is 2.83. The summed E-state index contributed by atoms with van der Waals surface area (Å²) >= 11 is 6.04. The van der Waals surface area contributed by atoms with Crippen LogP contribution in [0, 0.1) is 6.92 Å². The highest BCUT2D eigenvalue weighted by atomic mass is 35.5. The largest absolute Gasteiger partial charge is 0.366 e. The molecule has 0 unspecified atom stereocenters. The van der Waals surface area contributed by atoms with Gasteiger partial charge in [-0.15, -0.1) is 0 Å². The second-order valence-corrected chi connectivity index (χ2v) is 4.54. The molecule has 4 heteroatoms. The minimum atomic E-state index is 0.527. The maximum absolute atomic E-state index is 6.04. The van der Waals surface area contributed by atoms with Crippen molar-refractivity contribution in [1.82, 2.24) is 9.97 Å². The molecule has 94 valence electrons. The summed E-state index contributed by atoms with van der Waals surface area (Å²) in [6.45, 7) is 4.86. The molecule has 0 aliphatic rings. The first kappa shape index (κ1) is 12.8. The van der Waals surface area contributed by atoms with Gasteiger partial charge in [-0.3, -0.25) is 0 Å². The van der Waals surface area contributed by atoms with E-state index in [0.29, 0.717) is 5.15 Å². The molecule has 0 amide bonds. The molecule has 0 aliphatic heterocycles. The van der Waals surface area contributed by atoms with E-state index < -0.39 is 0 Å². The minimum Gasteiger partial charge on any atom is -0.366 e. The third-order valence-corrected chi connectivity index (χ3v) is 3.15. The molecule has 0 spiro atoms. The van der Waals surface area contributed by atoms with Crippen molar-refractivity contribution in [3.8, 4) is 0 Å². The predicted octanol–water partition coefficient (Wildman–Crippen LogP) is 3.61. The Morgan fingerprint density at radius 3 is 2.56 bits per heavy atom. The second-order valence-electron chi connectivity index (χ2n) is 4.18. The van der Waals surface area contributed by atoms with Crippen LogP contribution in [0.15, 0.2) is 30.6 Å². The van der Waals surface area contributed by atoms with Crippen molar-refractivity contribution in [3.63, 3.8) is 0 Å². The van der Waals surface area contributed by atoms with Crippen LogP contribution in [0.2, 0.25) is 5.15 Å². The summed E-state index contributed by atoms with van der Waals surface area (Å²) in [6.07, 6.45) is 2.30. The first-order chi connectivity index (χ1) is 8.70. The topological polar surface area (TPSA) is 37.8 Å². The lowest BCUT2D eigenvalue weighted by molar-refractivity contribution is 1.01. The monoisotopic (exact) mass is 261 g/mol. The second kappa shape index (κ2) is 5.83. The molecule has 0 aliphatic carbocycles. The molecule has 0 atom stereocenters. The van der Waals surface area contributed by atoms with Crippen molar-refractivity contribution in [2.45, 2.75) is 26.8 Å². The van der Waals surface area contributed by atoms with Crippen molar-refractivity contribution >= 4 is 17.4 Å². The van der Waals surface area contributed by atoms with Gasteiger partial charge in [0.2, 0.25) is 0 Å². The summed E-state index contributed by atoms with van der Waals surface area (Å²) in [6, 6.07) is 8.42. The zero-order valence-corrected chi connectivity index (χ0v) is 11.3. The molecule has 0 bridgehead atoms. The number of nitrogens with one attached hydrogen (secondary N) is 1. The van der Waals surface area contributed by atoms with Gasteiger partial charge in [-0.25, -0.2) is 9.97 Å². The van der Waals surface area contributed by atoms with Crippen LogP contribution in [0.3, 0.4) is 0 Å². The Morgan fingerprint density at radius 1 is 1.17 bits per heavy atom. The average Bonchev–Trinajstić information content (AvgIpc) is 2.38. The zero-order valence-electron chi connectivity index (χ0n) is 10.6. The molecule has 1 N–H and O–H groups in total. The van der Waals surface area contributed by atoms with Crippen molar-refractivity contribution in [2.24, 2.45) is 0 Å². The minimum absolute atomic E-state index is 0.527. The summed E-state index contributed by atoms with van der Waals surface area (Å²) in [5.41, 5.74) is 3.45. The SMILES string of the molecule is CCc1c(Cl)ncnc1NCc1ccc(C)cc1. The Balaban J connectivity index is 2.10. The molecule has 0 radical (unpaired) electrons. The zero-order chi connectivity index (χ0) is 13.0. The van der Waals surface area contributed by atoms with Crippen molar-refractivity contribution in [3.05, 3.63) is 52.4 Å². The van der Waals surface area contributed by atoms with E-state index >= 15 is 0 Å². The highest BCUT2D eigenvalue weighted by molar-refractivity contribution is 6.30. The molecule has 0 saturated carbocycles. The van der Waals surface area contributed by atoms with E-state index in [4.69, 9.17) is 11.6 Å². The molecular formula is C14H16ClN3. The first-order valence-corrected chi connectivity index (χ1v) is 6.37. The van der Waals surface area contributed by atoms with Gasteiger partial charge in [0.1, 0.15) is 17.3 Å². The van der Waals surface area contributed by atoms with Gasteiger partial charge in [-0.1, -0.05) is 48.4 Å². The van der Waals surface area contributed by atoms with E-state index in [-0.39, 0.29) is 0 Å². The summed E-state index contributed by atoms with van der Waals surface area (Å²) in [5.74, 6) is 0.818. The number of rotatable bonds is 4. The van der Waals surface area contributed by atoms with Gasteiger partial charge in [0.25, 0.3) is 0 Å². The molecule has 1 aromatic heterocycles. The first-order valence-electron chi connectivity index (χ1n) is 5.99. The normalized spacial score (nSPS) is 10.4. The number of halogens is 1. The quantitative estimate of drug-likeness (QED) is 0.855. The number of hydrogen-bond acceptors (Lipinski definition) is 3. The Bertz CT molecular complexity index is 523. The molecule has 2 rings (SSSR count). The standard InChI is InChI=1S/C14H16ClN3/c1-3-12-13(15)17-9-18-14(12)16-8-11-6-4-10(2)5-7-11/h4-7,9H,3,8H2,1-2H3,(H,16,17,18). The van der Waals surface area contributed by atoms with E-state index in [2.05, 4.69) is 46.5 Å². The van der Waals surface area contributed by atoms with Gasteiger partial charge in [0.05, 0.1) is 0 Å². The Hall–Kier alpha value is -1.61. The Morgan fingerprint density at radius 2 is 1.89 bits per heavy atom. The van der Waals surface area contributed by atoms with Gasteiger partial charge in [0, 0.05) is 12.1 Å².